The summed E-state index contributed by atoms with van der Waals surface area (Å²) in [4.78, 5) is 31.4. The molecule has 4 aromatic rings. The summed E-state index contributed by atoms with van der Waals surface area (Å²) >= 11 is 5.67. The topological polar surface area (TPSA) is 96.7 Å². The van der Waals surface area contributed by atoms with Crippen LogP contribution in [-0.2, 0) is 9.53 Å². The minimum atomic E-state index is -0.465. The van der Waals surface area contributed by atoms with Crippen LogP contribution in [0.4, 0.5) is 10.1 Å². The highest BCUT2D eigenvalue weighted by atomic mass is 32.1. The van der Waals surface area contributed by atoms with E-state index in [4.69, 9.17) is 21.4 Å². The van der Waals surface area contributed by atoms with Gasteiger partial charge in [-0.2, -0.15) is 0 Å². The Morgan fingerprint density at radius 2 is 1.85 bits per heavy atom. The number of amides is 1. The van der Waals surface area contributed by atoms with E-state index in [2.05, 4.69) is 15.6 Å². The standard InChI is InChI=1S/C29H25FN4O4S/c1-37-28(36)21-7-3-2-6-20(21)23-13-14-24(38-23)27-26(22-8-4-5-16-31-22)33-29(39)34(27)17-15-25(35)32-19-11-9-18(30)10-12-19/h2-14,16,26-27H,15,17H2,1H3,(H,32,35)(H,33,39)/t26-,27-/m0/s1. The Labute approximate surface area is 229 Å². The highest BCUT2D eigenvalue weighted by Gasteiger charge is 2.41. The molecule has 1 fully saturated rings. The summed E-state index contributed by atoms with van der Waals surface area (Å²) in [6, 6.07) is 21.1. The number of anilines is 1. The summed E-state index contributed by atoms with van der Waals surface area (Å²) in [5, 5.41) is 6.56. The van der Waals surface area contributed by atoms with Crippen LogP contribution in [0.25, 0.3) is 11.3 Å². The molecule has 0 aliphatic carbocycles. The lowest BCUT2D eigenvalue weighted by molar-refractivity contribution is -0.116. The summed E-state index contributed by atoms with van der Waals surface area (Å²) < 4.78 is 24.5. The van der Waals surface area contributed by atoms with Gasteiger partial charge in [0.15, 0.2) is 5.11 Å². The first kappa shape index (κ1) is 26.1. The van der Waals surface area contributed by atoms with E-state index in [1.807, 2.05) is 35.2 Å². The summed E-state index contributed by atoms with van der Waals surface area (Å²) in [7, 11) is 1.33. The van der Waals surface area contributed by atoms with E-state index in [1.165, 1.54) is 31.4 Å². The van der Waals surface area contributed by atoms with Gasteiger partial charge >= 0.3 is 5.97 Å². The third-order valence-corrected chi connectivity index (χ3v) is 6.77. The zero-order valence-electron chi connectivity index (χ0n) is 21.0. The fourth-order valence-corrected chi connectivity index (χ4v) is 4.91. The number of halogens is 1. The Bertz CT molecular complexity index is 1490. The number of esters is 1. The zero-order valence-corrected chi connectivity index (χ0v) is 21.8. The van der Waals surface area contributed by atoms with Gasteiger partial charge < -0.3 is 24.7 Å². The number of methoxy groups -OCH3 is 1. The van der Waals surface area contributed by atoms with Crippen molar-refractivity contribution in [3.63, 3.8) is 0 Å². The zero-order chi connectivity index (χ0) is 27.4. The molecule has 2 N–H and O–H groups in total. The van der Waals surface area contributed by atoms with Crippen molar-refractivity contribution in [2.75, 3.05) is 19.0 Å². The minimum Gasteiger partial charge on any atom is -0.465 e. The monoisotopic (exact) mass is 544 g/mol. The van der Waals surface area contributed by atoms with E-state index in [9.17, 15) is 14.0 Å². The third-order valence-electron chi connectivity index (χ3n) is 6.42. The largest absolute Gasteiger partial charge is 0.465 e. The van der Waals surface area contributed by atoms with Crippen LogP contribution in [0.1, 0.15) is 40.3 Å². The quantitative estimate of drug-likeness (QED) is 0.229. The lowest BCUT2D eigenvalue weighted by atomic mass is 10.0. The third kappa shape index (κ3) is 5.65. The molecule has 2 atom stereocenters. The highest BCUT2D eigenvalue weighted by molar-refractivity contribution is 7.80. The molecule has 0 unspecified atom stereocenters. The number of carbonyl (C=O) groups excluding carboxylic acids is 2. The average molecular weight is 545 g/mol. The van der Waals surface area contributed by atoms with Gasteiger partial charge in [-0.1, -0.05) is 24.3 Å². The molecular weight excluding hydrogens is 519 g/mol. The predicted molar refractivity (Wildman–Crippen MR) is 147 cm³/mol. The van der Waals surface area contributed by atoms with E-state index < -0.39 is 12.0 Å². The summed E-state index contributed by atoms with van der Waals surface area (Å²) in [5.74, 6) is 0.00475. The van der Waals surface area contributed by atoms with Gasteiger partial charge in [0.1, 0.15) is 23.4 Å². The Morgan fingerprint density at radius 3 is 2.59 bits per heavy atom. The second kappa shape index (κ2) is 11.4. The molecule has 0 radical (unpaired) electrons. The molecule has 0 bridgehead atoms. The Balaban J connectivity index is 1.42. The summed E-state index contributed by atoms with van der Waals surface area (Å²) in [6.45, 7) is 0.293. The molecule has 198 valence electrons. The maximum atomic E-state index is 13.2. The van der Waals surface area contributed by atoms with Crippen LogP contribution in [0, 0.1) is 5.82 Å². The number of hydrogen-bond donors (Lipinski definition) is 2. The van der Waals surface area contributed by atoms with E-state index in [0.29, 0.717) is 40.0 Å². The van der Waals surface area contributed by atoms with Crippen LogP contribution >= 0.6 is 12.2 Å². The number of pyridine rings is 1. The van der Waals surface area contributed by atoms with Gasteiger partial charge in [-0.25, -0.2) is 9.18 Å². The van der Waals surface area contributed by atoms with Crippen molar-refractivity contribution >= 4 is 34.9 Å². The smallest absolute Gasteiger partial charge is 0.338 e. The molecule has 5 rings (SSSR count). The van der Waals surface area contributed by atoms with Crippen molar-refractivity contribution in [2.24, 2.45) is 0 Å². The number of benzene rings is 2. The van der Waals surface area contributed by atoms with Crippen molar-refractivity contribution in [2.45, 2.75) is 18.5 Å². The van der Waals surface area contributed by atoms with Crippen LogP contribution in [-0.4, -0.2) is 40.5 Å². The van der Waals surface area contributed by atoms with Crippen molar-refractivity contribution in [1.29, 1.82) is 0 Å². The molecule has 1 aliphatic heterocycles. The first-order chi connectivity index (χ1) is 18.9. The van der Waals surface area contributed by atoms with Gasteiger partial charge in [0.2, 0.25) is 5.91 Å². The fraction of sp³-hybridized carbons (Fsp3) is 0.172. The number of nitrogens with zero attached hydrogens (tertiary/aromatic N) is 2. The van der Waals surface area contributed by atoms with Crippen molar-refractivity contribution < 1.29 is 23.1 Å². The molecule has 1 aliphatic rings. The van der Waals surface area contributed by atoms with Crippen LogP contribution in [0.3, 0.4) is 0 Å². The van der Waals surface area contributed by atoms with E-state index in [-0.39, 0.29) is 24.2 Å². The molecule has 2 aromatic carbocycles. The maximum absolute atomic E-state index is 13.2. The number of furan rings is 1. The number of carbonyl (C=O) groups is 2. The summed E-state index contributed by atoms with van der Waals surface area (Å²) in [6.07, 6.45) is 1.83. The number of hydrogen-bond acceptors (Lipinski definition) is 6. The molecular formula is C29H25FN4O4S. The average Bonchev–Trinajstić information content (AvgIpc) is 3.57. The van der Waals surface area contributed by atoms with E-state index in [0.717, 1.165) is 5.69 Å². The van der Waals surface area contributed by atoms with Gasteiger partial charge in [0, 0.05) is 30.4 Å². The fourth-order valence-electron chi connectivity index (χ4n) is 4.58. The molecule has 39 heavy (non-hydrogen) atoms. The molecule has 0 spiro atoms. The van der Waals surface area contributed by atoms with Gasteiger partial charge in [0.05, 0.1) is 24.4 Å². The van der Waals surface area contributed by atoms with Gasteiger partial charge in [-0.15, -0.1) is 0 Å². The Morgan fingerprint density at radius 1 is 1.08 bits per heavy atom. The van der Waals surface area contributed by atoms with Gasteiger partial charge in [-0.3, -0.25) is 9.78 Å². The molecule has 8 nitrogen and oxygen atoms in total. The molecule has 10 heteroatoms. The van der Waals surface area contributed by atoms with Crippen LogP contribution in [0.5, 0.6) is 0 Å². The van der Waals surface area contributed by atoms with Gasteiger partial charge in [0.25, 0.3) is 0 Å². The molecule has 2 aromatic heterocycles. The van der Waals surface area contributed by atoms with E-state index in [1.54, 1.807) is 30.5 Å². The predicted octanol–water partition coefficient (Wildman–Crippen LogP) is 5.27. The SMILES string of the molecule is COC(=O)c1ccccc1-c1ccc([C@H]2[C@H](c3ccccn3)NC(=S)N2CCC(=O)Nc2ccc(F)cc2)o1. The second-order valence-corrected chi connectivity index (χ2v) is 9.25. The normalized spacial score (nSPS) is 16.6. The van der Waals surface area contributed by atoms with Crippen LogP contribution in [0.2, 0.25) is 0 Å². The molecule has 0 saturated carbocycles. The van der Waals surface area contributed by atoms with Crippen molar-refractivity contribution in [1.82, 2.24) is 15.2 Å². The number of ether oxygens (including phenoxy) is 1. The molecule has 1 amide bonds. The number of aromatic nitrogens is 1. The lowest BCUT2D eigenvalue weighted by Gasteiger charge is -2.25. The first-order valence-electron chi connectivity index (χ1n) is 12.3. The van der Waals surface area contributed by atoms with Crippen molar-refractivity contribution in [3.8, 4) is 11.3 Å². The highest BCUT2D eigenvalue weighted by Crippen LogP contribution is 2.41. The molecule has 1 saturated heterocycles. The first-order valence-corrected chi connectivity index (χ1v) is 12.7. The lowest BCUT2D eigenvalue weighted by Crippen LogP contribution is -2.32. The number of nitrogens with one attached hydrogen (secondary N) is 2. The Hall–Kier alpha value is -4.57. The van der Waals surface area contributed by atoms with E-state index >= 15 is 0 Å². The second-order valence-electron chi connectivity index (χ2n) is 8.86. The number of thiocarbonyl (C=S) groups is 1. The number of rotatable bonds is 8. The van der Waals surface area contributed by atoms with Crippen LogP contribution in [0.15, 0.2) is 89.5 Å². The Kier molecular flexibility index (Phi) is 7.64. The summed E-state index contributed by atoms with van der Waals surface area (Å²) in [5.41, 5.74) is 2.25. The molecule has 3 heterocycles. The minimum absolute atomic E-state index is 0.128. The van der Waals surface area contributed by atoms with Crippen molar-refractivity contribution in [3.05, 3.63) is 108 Å². The maximum Gasteiger partial charge on any atom is 0.338 e. The van der Waals surface area contributed by atoms with Gasteiger partial charge in [-0.05, 0) is 66.8 Å². The van der Waals surface area contributed by atoms with Crippen LogP contribution < -0.4 is 10.6 Å².